The van der Waals surface area contributed by atoms with Crippen molar-refractivity contribution in [2.24, 2.45) is 0 Å². The smallest absolute Gasteiger partial charge is 0.147 e. The fourth-order valence-corrected chi connectivity index (χ4v) is 1.06. The molecule has 0 atom stereocenters. The number of aromatic nitrogens is 1. The van der Waals surface area contributed by atoms with Gasteiger partial charge in [0.25, 0.3) is 0 Å². The van der Waals surface area contributed by atoms with Crippen molar-refractivity contribution in [2.45, 2.75) is 26.7 Å². The monoisotopic (exact) mass is 153 g/mol. The molecule has 0 spiro atoms. The van der Waals surface area contributed by atoms with Gasteiger partial charge >= 0.3 is 0 Å². The molecule has 0 unspecified atom stereocenters. The topological polar surface area (TPSA) is 12.9 Å². The quantitative estimate of drug-likeness (QED) is 0.636. The van der Waals surface area contributed by atoms with Gasteiger partial charge in [0.1, 0.15) is 5.82 Å². The Balaban J connectivity index is 2.96. The second kappa shape index (κ2) is 3.46. The summed E-state index contributed by atoms with van der Waals surface area (Å²) in [6.45, 7) is 3.73. The van der Waals surface area contributed by atoms with Gasteiger partial charge in [-0.3, -0.25) is 4.98 Å². The molecule has 0 aliphatic carbocycles. The first-order valence-corrected chi connectivity index (χ1v) is 3.85. The van der Waals surface area contributed by atoms with Gasteiger partial charge in [0, 0.05) is 6.20 Å². The van der Waals surface area contributed by atoms with Gasteiger partial charge in [0.15, 0.2) is 0 Å². The molecule has 1 aromatic rings. The Labute approximate surface area is 66.3 Å². The van der Waals surface area contributed by atoms with Gasteiger partial charge in [-0.15, -0.1) is 0 Å². The fraction of sp³-hybridized carbons (Fsp3) is 0.444. The molecule has 0 radical (unpaired) electrons. The van der Waals surface area contributed by atoms with Crippen molar-refractivity contribution in [1.29, 1.82) is 0 Å². The third-order valence-corrected chi connectivity index (χ3v) is 1.66. The molecule has 0 N–H and O–H groups in total. The van der Waals surface area contributed by atoms with Crippen molar-refractivity contribution in [3.63, 3.8) is 0 Å². The van der Waals surface area contributed by atoms with E-state index in [2.05, 4.69) is 4.98 Å². The van der Waals surface area contributed by atoms with Crippen LogP contribution in [0.4, 0.5) is 4.39 Å². The zero-order valence-corrected chi connectivity index (χ0v) is 6.89. The molecule has 1 heterocycles. The maximum atomic E-state index is 13.1. The lowest BCUT2D eigenvalue weighted by Gasteiger charge is -2.01. The molecule has 0 bridgehead atoms. The lowest BCUT2D eigenvalue weighted by Crippen LogP contribution is -1.94. The zero-order chi connectivity index (χ0) is 8.27. The minimum Gasteiger partial charge on any atom is -0.259 e. The first kappa shape index (κ1) is 8.18. The van der Waals surface area contributed by atoms with E-state index in [-0.39, 0.29) is 5.82 Å². The summed E-state index contributed by atoms with van der Waals surface area (Å²) in [6.07, 6.45) is 3.43. The molecule has 11 heavy (non-hydrogen) atoms. The van der Waals surface area contributed by atoms with Crippen LogP contribution in [-0.2, 0) is 6.42 Å². The number of halogens is 1. The standard InChI is InChI=1S/C9H12FN/c1-3-4-8-5-6-11-7(2)9(8)10/h5-6H,3-4H2,1-2H3. The van der Waals surface area contributed by atoms with Gasteiger partial charge in [0.05, 0.1) is 5.69 Å². The third-order valence-electron chi connectivity index (χ3n) is 1.66. The van der Waals surface area contributed by atoms with Crippen LogP contribution in [0.3, 0.4) is 0 Å². The molecule has 60 valence electrons. The van der Waals surface area contributed by atoms with Crippen LogP contribution in [0.25, 0.3) is 0 Å². The van der Waals surface area contributed by atoms with E-state index < -0.39 is 0 Å². The van der Waals surface area contributed by atoms with E-state index >= 15 is 0 Å². The fourth-order valence-electron chi connectivity index (χ4n) is 1.06. The Morgan fingerprint density at radius 3 is 2.91 bits per heavy atom. The van der Waals surface area contributed by atoms with Gasteiger partial charge < -0.3 is 0 Å². The van der Waals surface area contributed by atoms with E-state index in [0.717, 1.165) is 18.4 Å². The summed E-state index contributed by atoms with van der Waals surface area (Å²) in [5, 5.41) is 0. The highest BCUT2D eigenvalue weighted by Gasteiger charge is 2.03. The van der Waals surface area contributed by atoms with E-state index in [1.165, 1.54) is 0 Å². The summed E-state index contributed by atoms with van der Waals surface area (Å²) >= 11 is 0. The Kier molecular flexibility index (Phi) is 2.58. The molecule has 1 nitrogen and oxygen atoms in total. The highest BCUT2D eigenvalue weighted by Crippen LogP contribution is 2.10. The maximum absolute atomic E-state index is 13.1. The largest absolute Gasteiger partial charge is 0.259 e. The van der Waals surface area contributed by atoms with Gasteiger partial charge in [0.2, 0.25) is 0 Å². The summed E-state index contributed by atoms with van der Waals surface area (Å²) < 4.78 is 13.1. The van der Waals surface area contributed by atoms with Gasteiger partial charge in [-0.05, 0) is 25.0 Å². The van der Waals surface area contributed by atoms with E-state index in [0.29, 0.717) is 5.69 Å². The molecular formula is C9H12FN. The van der Waals surface area contributed by atoms with Crippen LogP contribution in [0.15, 0.2) is 12.3 Å². The van der Waals surface area contributed by atoms with Gasteiger partial charge in [-0.25, -0.2) is 4.39 Å². The van der Waals surface area contributed by atoms with Crippen LogP contribution in [0.2, 0.25) is 0 Å². The molecule has 0 fully saturated rings. The van der Waals surface area contributed by atoms with Crippen molar-refractivity contribution in [3.8, 4) is 0 Å². The summed E-state index contributed by atoms with van der Waals surface area (Å²) in [5.74, 6) is -0.144. The van der Waals surface area contributed by atoms with Crippen LogP contribution < -0.4 is 0 Å². The zero-order valence-electron chi connectivity index (χ0n) is 6.89. The number of hydrogen-bond acceptors (Lipinski definition) is 1. The van der Waals surface area contributed by atoms with Crippen LogP contribution in [-0.4, -0.2) is 4.98 Å². The summed E-state index contributed by atoms with van der Waals surface area (Å²) in [7, 11) is 0. The number of rotatable bonds is 2. The van der Waals surface area contributed by atoms with E-state index in [1.54, 1.807) is 19.2 Å². The molecular weight excluding hydrogens is 141 g/mol. The molecule has 0 aromatic carbocycles. The normalized spacial score (nSPS) is 10.1. The lowest BCUT2D eigenvalue weighted by atomic mass is 10.1. The number of hydrogen-bond donors (Lipinski definition) is 0. The molecule has 0 saturated carbocycles. The molecule has 2 heteroatoms. The molecule has 0 aliphatic heterocycles. The Morgan fingerprint density at radius 2 is 2.27 bits per heavy atom. The van der Waals surface area contributed by atoms with E-state index in [9.17, 15) is 4.39 Å². The Morgan fingerprint density at radius 1 is 1.55 bits per heavy atom. The van der Waals surface area contributed by atoms with E-state index in [4.69, 9.17) is 0 Å². The third kappa shape index (κ3) is 1.76. The average molecular weight is 153 g/mol. The number of aryl methyl sites for hydroxylation is 2. The summed E-state index contributed by atoms with van der Waals surface area (Å²) in [4.78, 5) is 3.85. The van der Waals surface area contributed by atoms with Gasteiger partial charge in [-0.1, -0.05) is 13.3 Å². The molecule has 0 amide bonds. The SMILES string of the molecule is CCCc1ccnc(C)c1F. The molecule has 1 rings (SSSR count). The molecule has 0 saturated heterocycles. The van der Waals surface area contributed by atoms with Crippen molar-refractivity contribution in [2.75, 3.05) is 0 Å². The van der Waals surface area contributed by atoms with Crippen LogP contribution >= 0.6 is 0 Å². The van der Waals surface area contributed by atoms with Crippen LogP contribution in [0, 0.1) is 12.7 Å². The minimum atomic E-state index is -0.144. The lowest BCUT2D eigenvalue weighted by molar-refractivity contribution is 0.590. The van der Waals surface area contributed by atoms with Crippen molar-refractivity contribution >= 4 is 0 Å². The van der Waals surface area contributed by atoms with Crippen molar-refractivity contribution in [1.82, 2.24) is 4.98 Å². The number of nitrogens with zero attached hydrogens (tertiary/aromatic N) is 1. The predicted octanol–water partition coefficient (Wildman–Crippen LogP) is 2.48. The van der Waals surface area contributed by atoms with Crippen LogP contribution in [0.5, 0.6) is 0 Å². The highest BCUT2D eigenvalue weighted by molar-refractivity contribution is 5.18. The first-order chi connectivity index (χ1) is 5.25. The van der Waals surface area contributed by atoms with E-state index in [1.807, 2.05) is 6.92 Å². The summed E-state index contributed by atoms with van der Waals surface area (Å²) in [5.41, 5.74) is 1.27. The summed E-state index contributed by atoms with van der Waals surface area (Å²) in [6, 6.07) is 1.74. The van der Waals surface area contributed by atoms with Crippen molar-refractivity contribution < 1.29 is 4.39 Å². The second-order valence-electron chi connectivity index (χ2n) is 2.62. The van der Waals surface area contributed by atoms with Crippen LogP contribution in [0.1, 0.15) is 24.6 Å². The van der Waals surface area contributed by atoms with Crippen molar-refractivity contribution in [3.05, 3.63) is 29.3 Å². The molecule has 0 aliphatic rings. The van der Waals surface area contributed by atoms with Gasteiger partial charge in [-0.2, -0.15) is 0 Å². The second-order valence-corrected chi connectivity index (χ2v) is 2.62. The molecule has 1 aromatic heterocycles. The minimum absolute atomic E-state index is 0.144. The number of pyridine rings is 1. The average Bonchev–Trinajstić information content (AvgIpc) is 1.99. The Bertz CT molecular complexity index is 245. The predicted molar refractivity (Wildman–Crippen MR) is 42.9 cm³/mol. The first-order valence-electron chi connectivity index (χ1n) is 3.85. The highest BCUT2D eigenvalue weighted by atomic mass is 19.1. The maximum Gasteiger partial charge on any atom is 0.147 e. The Hall–Kier alpha value is -0.920.